The van der Waals surface area contributed by atoms with Crippen molar-refractivity contribution in [2.45, 2.75) is 33.1 Å². The molecule has 0 radical (unpaired) electrons. The van der Waals surface area contributed by atoms with Gasteiger partial charge in [-0.1, -0.05) is 44.2 Å². The van der Waals surface area contributed by atoms with Crippen molar-refractivity contribution in [2.75, 3.05) is 6.54 Å². The van der Waals surface area contributed by atoms with Gasteiger partial charge in [0, 0.05) is 17.7 Å². The molecule has 1 aromatic carbocycles. The van der Waals surface area contributed by atoms with Crippen LogP contribution in [0.5, 0.6) is 0 Å². The molecule has 3 nitrogen and oxygen atoms in total. The summed E-state index contributed by atoms with van der Waals surface area (Å²) in [5, 5.41) is 0. The highest BCUT2D eigenvalue weighted by Gasteiger charge is 2.14. The lowest BCUT2D eigenvalue weighted by molar-refractivity contribution is 0.866. The first kappa shape index (κ1) is 14.8. The van der Waals surface area contributed by atoms with Gasteiger partial charge in [0.2, 0.25) is 0 Å². The molecule has 2 N–H and O–H groups in total. The standard InChI is InChI=1S/C19H23N3/c1-13(2)15-7-9-16(10-8-15)19-17(11-12-20)22-14(3)5-4-6-18(22)21-19/h4-10,13H,11-12,20H2,1-3H3. The van der Waals surface area contributed by atoms with Crippen LogP contribution in [0.1, 0.15) is 36.7 Å². The molecule has 0 aliphatic heterocycles. The molecule has 0 saturated carbocycles. The number of fused-ring (bicyclic) bond motifs is 1. The van der Waals surface area contributed by atoms with Gasteiger partial charge in [-0.05, 0) is 37.1 Å². The van der Waals surface area contributed by atoms with Crippen LogP contribution in [0.3, 0.4) is 0 Å². The van der Waals surface area contributed by atoms with E-state index in [0.29, 0.717) is 12.5 Å². The summed E-state index contributed by atoms with van der Waals surface area (Å²) in [5.74, 6) is 0.542. The Morgan fingerprint density at radius 2 is 1.82 bits per heavy atom. The highest BCUT2D eigenvalue weighted by atomic mass is 15.0. The Morgan fingerprint density at radius 1 is 1.09 bits per heavy atom. The number of nitrogens with two attached hydrogens (primary N) is 1. The van der Waals surface area contributed by atoms with Crippen LogP contribution in [-0.4, -0.2) is 15.9 Å². The van der Waals surface area contributed by atoms with Crippen LogP contribution in [0, 0.1) is 6.92 Å². The van der Waals surface area contributed by atoms with Gasteiger partial charge in [-0.15, -0.1) is 0 Å². The topological polar surface area (TPSA) is 43.3 Å². The van der Waals surface area contributed by atoms with Crippen molar-refractivity contribution in [1.29, 1.82) is 0 Å². The van der Waals surface area contributed by atoms with Gasteiger partial charge in [0.05, 0.1) is 11.4 Å². The molecule has 0 aliphatic rings. The van der Waals surface area contributed by atoms with Crippen molar-refractivity contribution in [3.63, 3.8) is 0 Å². The fraction of sp³-hybridized carbons (Fsp3) is 0.316. The van der Waals surface area contributed by atoms with E-state index in [1.807, 2.05) is 0 Å². The molecule has 3 heteroatoms. The van der Waals surface area contributed by atoms with E-state index in [1.54, 1.807) is 0 Å². The number of imidazole rings is 1. The third-order valence-corrected chi connectivity index (χ3v) is 4.17. The summed E-state index contributed by atoms with van der Waals surface area (Å²) in [6.45, 7) is 7.16. The van der Waals surface area contributed by atoms with E-state index in [2.05, 4.69) is 67.6 Å². The molecule has 0 unspecified atom stereocenters. The molecular formula is C19H23N3. The Balaban J connectivity index is 2.17. The molecule has 114 valence electrons. The lowest BCUT2D eigenvalue weighted by Gasteiger charge is -2.08. The van der Waals surface area contributed by atoms with Crippen molar-refractivity contribution in [2.24, 2.45) is 5.73 Å². The zero-order valence-electron chi connectivity index (χ0n) is 13.5. The third-order valence-electron chi connectivity index (χ3n) is 4.17. The molecule has 2 heterocycles. The van der Waals surface area contributed by atoms with Crippen LogP contribution in [-0.2, 0) is 6.42 Å². The monoisotopic (exact) mass is 293 g/mol. The van der Waals surface area contributed by atoms with E-state index < -0.39 is 0 Å². The third kappa shape index (κ3) is 2.53. The summed E-state index contributed by atoms with van der Waals surface area (Å²) in [7, 11) is 0. The quantitative estimate of drug-likeness (QED) is 0.792. The maximum atomic E-state index is 5.83. The van der Waals surface area contributed by atoms with Crippen molar-refractivity contribution in [1.82, 2.24) is 9.38 Å². The van der Waals surface area contributed by atoms with E-state index in [1.165, 1.54) is 17.0 Å². The molecule has 3 rings (SSSR count). The summed E-state index contributed by atoms with van der Waals surface area (Å²) < 4.78 is 2.22. The Bertz CT molecular complexity index is 782. The average molecular weight is 293 g/mol. The van der Waals surface area contributed by atoms with Crippen molar-refractivity contribution in [3.05, 3.63) is 59.4 Å². The van der Waals surface area contributed by atoms with Crippen molar-refractivity contribution >= 4 is 5.65 Å². The Morgan fingerprint density at radius 3 is 2.45 bits per heavy atom. The zero-order chi connectivity index (χ0) is 15.7. The number of aromatic nitrogens is 2. The Hall–Kier alpha value is -2.13. The molecule has 0 saturated heterocycles. The first-order chi connectivity index (χ1) is 10.6. The highest BCUT2D eigenvalue weighted by Crippen LogP contribution is 2.27. The number of nitrogens with zero attached hydrogens (tertiary/aromatic N) is 2. The van der Waals surface area contributed by atoms with E-state index in [9.17, 15) is 0 Å². The number of pyridine rings is 1. The molecule has 0 aliphatic carbocycles. The second-order valence-electron chi connectivity index (χ2n) is 6.08. The molecular weight excluding hydrogens is 270 g/mol. The minimum Gasteiger partial charge on any atom is -0.330 e. The van der Waals surface area contributed by atoms with Gasteiger partial charge >= 0.3 is 0 Å². The van der Waals surface area contributed by atoms with E-state index in [0.717, 1.165) is 23.3 Å². The molecule has 2 aromatic heterocycles. The maximum Gasteiger partial charge on any atom is 0.137 e. The van der Waals surface area contributed by atoms with E-state index >= 15 is 0 Å². The van der Waals surface area contributed by atoms with Crippen LogP contribution in [0.25, 0.3) is 16.9 Å². The number of benzene rings is 1. The summed E-state index contributed by atoms with van der Waals surface area (Å²) in [6, 6.07) is 15.0. The predicted molar refractivity (Wildman–Crippen MR) is 92.2 cm³/mol. The Labute approximate surface area is 131 Å². The van der Waals surface area contributed by atoms with Gasteiger partial charge in [-0.3, -0.25) is 0 Å². The van der Waals surface area contributed by atoms with Crippen molar-refractivity contribution < 1.29 is 0 Å². The van der Waals surface area contributed by atoms with Crippen LogP contribution in [0.2, 0.25) is 0 Å². The molecule has 0 amide bonds. The summed E-state index contributed by atoms with van der Waals surface area (Å²) in [4.78, 5) is 4.84. The molecule has 0 atom stereocenters. The molecule has 0 spiro atoms. The van der Waals surface area contributed by atoms with Gasteiger partial charge in [0.25, 0.3) is 0 Å². The normalized spacial score (nSPS) is 11.5. The Kier molecular flexibility index (Phi) is 3.99. The number of hydrogen-bond donors (Lipinski definition) is 1. The lowest BCUT2D eigenvalue weighted by Crippen LogP contribution is -2.07. The van der Waals surface area contributed by atoms with E-state index in [4.69, 9.17) is 10.7 Å². The van der Waals surface area contributed by atoms with Gasteiger partial charge in [0.15, 0.2) is 0 Å². The smallest absolute Gasteiger partial charge is 0.137 e. The lowest BCUT2D eigenvalue weighted by atomic mass is 10.00. The predicted octanol–water partition coefficient (Wildman–Crippen LogP) is 3.93. The first-order valence-corrected chi connectivity index (χ1v) is 7.89. The van der Waals surface area contributed by atoms with Crippen LogP contribution in [0.4, 0.5) is 0 Å². The molecule has 3 aromatic rings. The zero-order valence-corrected chi connectivity index (χ0v) is 13.5. The molecule has 0 fully saturated rings. The molecule has 22 heavy (non-hydrogen) atoms. The maximum absolute atomic E-state index is 5.83. The van der Waals surface area contributed by atoms with Crippen molar-refractivity contribution in [3.8, 4) is 11.3 Å². The number of hydrogen-bond acceptors (Lipinski definition) is 2. The SMILES string of the molecule is Cc1cccc2nc(-c3ccc(C(C)C)cc3)c(CCN)n12. The fourth-order valence-corrected chi connectivity index (χ4v) is 2.95. The summed E-state index contributed by atoms with van der Waals surface area (Å²) in [6.07, 6.45) is 0.827. The fourth-order valence-electron chi connectivity index (χ4n) is 2.95. The summed E-state index contributed by atoms with van der Waals surface area (Å²) in [5.41, 5.74) is 12.8. The molecule has 0 bridgehead atoms. The first-order valence-electron chi connectivity index (χ1n) is 7.89. The van der Waals surface area contributed by atoms with Gasteiger partial charge in [-0.2, -0.15) is 0 Å². The van der Waals surface area contributed by atoms with E-state index in [-0.39, 0.29) is 0 Å². The summed E-state index contributed by atoms with van der Waals surface area (Å²) >= 11 is 0. The van der Waals surface area contributed by atoms with Crippen LogP contribution >= 0.6 is 0 Å². The van der Waals surface area contributed by atoms with Gasteiger partial charge in [-0.25, -0.2) is 4.98 Å². The second kappa shape index (κ2) is 5.93. The van der Waals surface area contributed by atoms with Crippen LogP contribution < -0.4 is 5.73 Å². The minimum absolute atomic E-state index is 0.542. The minimum atomic E-state index is 0.542. The van der Waals surface area contributed by atoms with Gasteiger partial charge in [0.1, 0.15) is 5.65 Å². The highest BCUT2D eigenvalue weighted by molar-refractivity contribution is 5.67. The number of rotatable bonds is 4. The number of aryl methyl sites for hydroxylation is 1. The van der Waals surface area contributed by atoms with Gasteiger partial charge < -0.3 is 10.1 Å². The average Bonchev–Trinajstić information content (AvgIpc) is 2.88. The van der Waals surface area contributed by atoms with Crippen LogP contribution in [0.15, 0.2) is 42.5 Å². The largest absolute Gasteiger partial charge is 0.330 e. The second-order valence-corrected chi connectivity index (χ2v) is 6.08.